The summed E-state index contributed by atoms with van der Waals surface area (Å²) in [7, 11) is 0. The van der Waals surface area contributed by atoms with Crippen molar-refractivity contribution < 1.29 is 4.79 Å². The van der Waals surface area contributed by atoms with Crippen molar-refractivity contribution in [2.45, 2.75) is 0 Å². The number of benzene rings is 2. The normalized spacial score (nSPS) is 10.0. The Morgan fingerprint density at radius 1 is 0.818 bits per heavy atom. The van der Waals surface area contributed by atoms with Crippen LogP contribution >= 0.6 is 0 Å². The molecule has 0 bridgehead atoms. The molecule has 0 saturated heterocycles. The Hall–Kier alpha value is -3.14. The maximum Gasteiger partial charge on any atom is 0.270 e. The summed E-state index contributed by atoms with van der Waals surface area (Å²) in [6.07, 6.45) is 1.69. The van der Waals surface area contributed by atoms with Crippen LogP contribution in [0.25, 0.3) is 0 Å². The highest BCUT2D eigenvalue weighted by molar-refractivity contribution is 5.95. The summed E-state index contributed by atoms with van der Waals surface area (Å²) in [5, 5.41) is 1.68. The van der Waals surface area contributed by atoms with Crippen molar-refractivity contribution in [3.05, 3.63) is 90.6 Å². The molecule has 1 amide bonds. The lowest BCUT2D eigenvalue weighted by Crippen LogP contribution is -2.39. The van der Waals surface area contributed by atoms with Crippen LogP contribution in [-0.4, -0.2) is 10.9 Å². The fraction of sp³-hybridized carbons (Fsp3) is 0. The zero-order chi connectivity index (χ0) is 15.2. The van der Waals surface area contributed by atoms with Gasteiger partial charge in [0.1, 0.15) is 0 Å². The fourth-order valence-corrected chi connectivity index (χ4v) is 2.07. The van der Waals surface area contributed by atoms with Crippen molar-refractivity contribution >= 4 is 17.4 Å². The van der Waals surface area contributed by atoms with E-state index < -0.39 is 0 Å². The molecule has 1 aromatic heterocycles. The number of carbonyl (C=O) groups is 1. The first-order chi connectivity index (χ1) is 10.8. The Morgan fingerprint density at radius 2 is 1.45 bits per heavy atom. The van der Waals surface area contributed by atoms with Gasteiger partial charge in [0.2, 0.25) is 0 Å². The maximum absolute atomic E-state index is 12.4. The van der Waals surface area contributed by atoms with E-state index in [2.05, 4.69) is 10.4 Å². The smallest absolute Gasteiger partial charge is 0.267 e. The Labute approximate surface area is 129 Å². The monoisotopic (exact) mass is 289 g/mol. The number of nitrogens with one attached hydrogen (secondary N) is 1. The summed E-state index contributed by atoms with van der Waals surface area (Å²) < 4.78 is 0. The van der Waals surface area contributed by atoms with E-state index in [0.717, 1.165) is 5.69 Å². The molecule has 3 rings (SSSR count). The van der Waals surface area contributed by atoms with Crippen LogP contribution in [0.2, 0.25) is 0 Å². The standard InChI is InChI=1S/C18H15N3O/c22-18(15-9-3-1-4-10-15)20-21(16-11-5-2-6-12-16)17-13-7-8-14-19-17/h1-14H,(H,20,22). The van der Waals surface area contributed by atoms with E-state index >= 15 is 0 Å². The summed E-state index contributed by atoms with van der Waals surface area (Å²) in [5.74, 6) is 0.466. The quantitative estimate of drug-likeness (QED) is 0.747. The topological polar surface area (TPSA) is 45.2 Å². The number of hydrogen-bond donors (Lipinski definition) is 1. The van der Waals surface area contributed by atoms with Gasteiger partial charge in [0, 0.05) is 11.8 Å². The van der Waals surface area contributed by atoms with Crippen LogP contribution in [-0.2, 0) is 0 Å². The van der Waals surface area contributed by atoms with Gasteiger partial charge >= 0.3 is 0 Å². The Balaban J connectivity index is 1.91. The van der Waals surface area contributed by atoms with Gasteiger partial charge in [0.15, 0.2) is 5.82 Å². The molecular weight excluding hydrogens is 274 g/mol. The van der Waals surface area contributed by atoms with Crippen molar-refractivity contribution in [1.29, 1.82) is 0 Å². The molecule has 0 radical (unpaired) electrons. The molecule has 0 aliphatic rings. The predicted octanol–water partition coefficient (Wildman–Crippen LogP) is 3.56. The largest absolute Gasteiger partial charge is 0.270 e. The highest BCUT2D eigenvalue weighted by Gasteiger charge is 2.14. The third-order valence-corrected chi connectivity index (χ3v) is 3.14. The fourth-order valence-electron chi connectivity index (χ4n) is 2.07. The third-order valence-electron chi connectivity index (χ3n) is 3.14. The minimum Gasteiger partial charge on any atom is -0.267 e. The van der Waals surface area contributed by atoms with Gasteiger partial charge in [0.05, 0.1) is 5.69 Å². The first-order valence-electron chi connectivity index (χ1n) is 6.97. The summed E-state index contributed by atoms with van der Waals surface area (Å²) in [4.78, 5) is 16.7. The molecule has 108 valence electrons. The number of para-hydroxylation sites is 1. The molecule has 0 aliphatic carbocycles. The lowest BCUT2D eigenvalue weighted by atomic mass is 10.2. The van der Waals surface area contributed by atoms with E-state index in [1.807, 2.05) is 66.7 Å². The molecule has 22 heavy (non-hydrogen) atoms. The zero-order valence-electron chi connectivity index (χ0n) is 11.9. The number of anilines is 2. The summed E-state index contributed by atoms with van der Waals surface area (Å²) in [6, 6.07) is 24.3. The van der Waals surface area contributed by atoms with Gasteiger partial charge in [-0.25, -0.2) is 9.99 Å². The molecule has 2 aromatic carbocycles. The van der Waals surface area contributed by atoms with Gasteiger partial charge in [-0.1, -0.05) is 42.5 Å². The predicted molar refractivity (Wildman–Crippen MR) is 86.7 cm³/mol. The van der Waals surface area contributed by atoms with Crippen molar-refractivity contribution in [3.8, 4) is 0 Å². The van der Waals surface area contributed by atoms with Crippen LogP contribution in [0.3, 0.4) is 0 Å². The van der Waals surface area contributed by atoms with E-state index in [0.29, 0.717) is 11.4 Å². The minimum absolute atomic E-state index is 0.185. The number of pyridine rings is 1. The Bertz CT molecular complexity index is 691. The van der Waals surface area contributed by atoms with Crippen LogP contribution < -0.4 is 10.4 Å². The highest BCUT2D eigenvalue weighted by Crippen LogP contribution is 2.20. The highest BCUT2D eigenvalue weighted by atomic mass is 16.2. The van der Waals surface area contributed by atoms with Crippen LogP contribution in [0.5, 0.6) is 0 Å². The van der Waals surface area contributed by atoms with Crippen molar-refractivity contribution in [1.82, 2.24) is 10.4 Å². The first-order valence-corrected chi connectivity index (χ1v) is 6.97. The third kappa shape index (κ3) is 3.12. The average Bonchev–Trinajstić information content (AvgIpc) is 2.62. The molecule has 0 atom stereocenters. The van der Waals surface area contributed by atoms with Crippen LogP contribution in [0, 0.1) is 0 Å². The molecule has 0 fully saturated rings. The Morgan fingerprint density at radius 3 is 2.09 bits per heavy atom. The maximum atomic E-state index is 12.4. The molecule has 1 heterocycles. The van der Waals surface area contributed by atoms with Gasteiger partial charge < -0.3 is 0 Å². The van der Waals surface area contributed by atoms with Crippen molar-refractivity contribution in [2.75, 3.05) is 5.01 Å². The van der Waals surface area contributed by atoms with Crippen LogP contribution in [0.1, 0.15) is 10.4 Å². The second kappa shape index (κ2) is 6.54. The molecule has 0 aliphatic heterocycles. The van der Waals surface area contributed by atoms with Gasteiger partial charge in [-0.15, -0.1) is 0 Å². The lowest BCUT2D eigenvalue weighted by molar-refractivity contribution is 0.0953. The molecule has 0 spiro atoms. The lowest BCUT2D eigenvalue weighted by Gasteiger charge is -2.24. The SMILES string of the molecule is O=C(NN(c1ccccc1)c1ccccn1)c1ccccc1. The van der Waals surface area contributed by atoms with Gasteiger partial charge in [-0.3, -0.25) is 10.2 Å². The van der Waals surface area contributed by atoms with E-state index in [9.17, 15) is 4.79 Å². The van der Waals surface area contributed by atoms with Crippen LogP contribution in [0.15, 0.2) is 85.1 Å². The van der Waals surface area contributed by atoms with E-state index in [-0.39, 0.29) is 5.91 Å². The second-order valence-corrected chi connectivity index (χ2v) is 4.67. The molecule has 1 N–H and O–H groups in total. The molecule has 4 heteroatoms. The van der Waals surface area contributed by atoms with E-state index in [4.69, 9.17) is 0 Å². The number of carbonyl (C=O) groups excluding carboxylic acids is 1. The summed E-state index contributed by atoms with van der Waals surface area (Å²) in [5.41, 5.74) is 4.33. The van der Waals surface area contributed by atoms with Gasteiger partial charge in [-0.2, -0.15) is 0 Å². The van der Waals surface area contributed by atoms with Crippen molar-refractivity contribution in [2.24, 2.45) is 0 Å². The van der Waals surface area contributed by atoms with E-state index in [1.165, 1.54) is 0 Å². The number of hydrogen-bond acceptors (Lipinski definition) is 3. The number of nitrogens with zero attached hydrogens (tertiary/aromatic N) is 2. The van der Waals surface area contributed by atoms with E-state index in [1.54, 1.807) is 23.3 Å². The number of rotatable bonds is 4. The molecule has 4 nitrogen and oxygen atoms in total. The zero-order valence-corrected chi connectivity index (χ0v) is 11.9. The van der Waals surface area contributed by atoms with Crippen LogP contribution in [0.4, 0.5) is 11.5 Å². The molecule has 0 unspecified atom stereocenters. The van der Waals surface area contributed by atoms with Crippen molar-refractivity contribution in [3.63, 3.8) is 0 Å². The average molecular weight is 289 g/mol. The summed E-state index contributed by atoms with van der Waals surface area (Å²) in [6.45, 7) is 0. The number of hydrazine groups is 1. The summed E-state index contributed by atoms with van der Waals surface area (Å²) >= 11 is 0. The van der Waals surface area contributed by atoms with Gasteiger partial charge in [-0.05, 0) is 36.4 Å². The number of aromatic nitrogens is 1. The second-order valence-electron chi connectivity index (χ2n) is 4.67. The first kappa shape index (κ1) is 13.8. The molecule has 3 aromatic rings. The molecular formula is C18H15N3O. The minimum atomic E-state index is -0.185. The van der Waals surface area contributed by atoms with Gasteiger partial charge in [0.25, 0.3) is 5.91 Å². The number of amides is 1. The molecule has 0 saturated carbocycles. The Kier molecular flexibility index (Phi) is 4.11.